The number of alkyl halides is 2. The van der Waals surface area contributed by atoms with Crippen LogP contribution in [0.1, 0.15) is 18.9 Å². The van der Waals surface area contributed by atoms with Crippen LogP contribution in [-0.2, 0) is 16.0 Å². The van der Waals surface area contributed by atoms with Crippen LogP contribution < -0.4 is 4.74 Å². The van der Waals surface area contributed by atoms with Gasteiger partial charge in [-0.05, 0) is 31.0 Å². The van der Waals surface area contributed by atoms with Crippen molar-refractivity contribution in [3.63, 3.8) is 0 Å². The molecule has 0 amide bonds. The summed E-state index contributed by atoms with van der Waals surface area (Å²) in [4.78, 5) is 11.3. The first-order valence-electron chi connectivity index (χ1n) is 6.24. The lowest BCUT2D eigenvalue weighted by Crippen LogP contribution is -2.15. The molecular formula is C14H16BrClO3. The molecule has 2 unspecified atom stereocenters. The molecule has 1 aliphatic rings. The highest BCUT2D eigenvalue weighted by Crippen LogP contribution is 2.49. The summed E-state index contributed by atoms with van der Waals surface area (Å²) >= 11 is 9.55. The minimum absolute atomic E-state index is 0.0713. The van der Waals surface area contributed by atoms with Crippen molar-refractivity contribution < 1.29 is 14.3 Å². The number of halogens is 2. The van der Waals surface area contributed by atoms with Gasteiger partial charge in [-0.1, -0.05) is 28.1 Å². The number of rotatable bonds is 6. The molecule has 3 nitrogen and oxygen atoms in total. The van der Waals surface area contributed by atoms with Crippen LogP contribution in [0, 0.1) is 0 Å². The van der Waals surface area contributed by atoms with E-state index in [4.69, 9.17) is 21.1 Å². The molecular weight excluding hydrogens is 332 g/mol. The van der Waals surface area contributed by atoms with Crippen molar-refractivity contribution in [2.75, 3.05) is 13.2 Å². The molecule has 0 bridgehead atoms. The van der Waals surface area contributed by atoms with E-state index in [0.717, 1.165) is 17.7 Å². The summed E-state index contributed by atoms with van der Waals surface area (Å²) in [5.41, 5.74) is 0.918. The van der Waals surface area contributed by atoms with Gasteiger partial charge in [0.1, 0.15) is 12.4 Å². The molecule has 1 aromatic rings. The summed E-state index contributed by atoms with van der Waals surface area (Å²) in [5, 5.41) is 0.149. The van der Waals surface area contributed by atoms with E-state index in [1.807, 2.05) is 24.3 Å². The van der Waals surface area contributed by atoms with Crippen LogP contribution in [0.15, 0.2) is 24.3 Å². The molecule has 1 fully saturated rings. The van der Waals surface area contributed by atoms with Gasteiger partial charge in [0, 0.05) is 0 Å². The fourth-order valence-electron chi connectivity index (χ4n) is 1.67. The second-order valence-corrected chi connectivity index (χ2v) is 6.73. The maximum Gasteiger partial charge on any atom is 0.310 e. The second kappa shape index (κ2) is 6.14. The third-order valence-corrected chi connectivity index (χ3v) is 4.92. The third kappa shape index (κ3) is 4.11. The zero-order chi connectivity index (χ0) is 13.9. The van der Waals surface area contributed by atoms with Gasteiger partial charge in [0.15, 0.2) is 0 Å². The molecule has 0 heterocycles. The molecule has 19 heavy (non-hydrogen) atoms. The van der Waals surface area contributed by atoms with E-state index >= 15 is 0 Å². The van der Waals surface area contributed by atoms with Gasteiger partial charge in [0.25, 0.3) is 0 Å². The van der Waals surface area contributed by atoms with Crippen LogP contribution in [0.5, 0.6) is 5.75 Å². The fourth-order valence-corrected chi connectivity index (χ4v) is 2.64. The fraction of sp³-hybridized carbons (Fsp3) is 0.500. The number of hydrogen-bond donors (Lipinski definition) is 0. The number of benzene rings is 1. The predicted molar refractivity (Wildman–Crippen MR) is 78.2 cm³/mol. The Labute approximate surface area is 126 Å². The van der Waals surface area contributed by atoms with Gasteiger partial charge in [0.05, 0.1) is 22.7 Å². The molecule has 2 atom stereocenters. The molecule has 1 saturated carbocycles. The van der Waals surface area contributed by atoms with Crippen molar-refractivity contribution in [2.24, 2.45) is 0 Å². The van der Waals surface area contributed by atoms with Gasteiger partial charge >= 0.3 is 5.97 Å². The zero-order valence-electron chi connectivity index (χ0n) is 10.7. The Hall–Kier alpha value is -0.740. The molecule has 0 radical (unpaired) electrons. The van der Waals surface area contributed by atoms with Crippen LogP contribution in [0.25, 0.3) is 0 Å². The van der Waals surface area contributed by atoms with Crippen molar-refractivity contribution >= 4 is 33.5 Å². The molecule has 2 rings (SSSR count). The van der Waals surface area contributed by atoms with E-state index in [2.05, 4.69) is 15.9 Å². The highest BCUT2D eigenvalue weighted by Gasteiger charge is 2.52. The molecule has 0 aliphatic heterocycles. The van der Waals surface area contributed by atoms with Gasteiger partial charge in [-0.15, -0.1) is 11.6 Å². The lowest BCUT2D eigenvalue weighted by Gasteiger charge is -2.10. The quantitative estimate of drug-likeness (QED) is 0.585. The third-order valence-electron chi connectivity index (χ3n) is 2.98. The minimum Gasteiger partial charge on any atom is -0.492 e. The first-order valence-corrected chi connectivity index (χ1v) is 7.47. The van der Waals surface area contributed by atoms with Crippen LogP contribution >= 0.6 is 27.5 Å². The van der Waals surface area contributed by atoms with E-state index in [0.29, 0.717) is 19.6 Å². The van der Waals surface area contributed by atoms with Gasteiger partial charge in [-0.3, -0.25) is 4.79 Å². The lowest BCUT2D eigenvalue weighted by molar-refractivity contribution is -0.142. The van der Waals surface area contributed by atoms with E-state index in [1.54, 1.807) is 6.92 Å². The zero-order valence-corrected chi connectivity index (χ0v) is 13.0. The van der Waals surface area contributed by atoms with Crippen molar-refractivity contribution in [2.45, 2.75) is 29.5 Å². The Morgan fingerprint density at radius 3 is 2.63 bits per heavy atom. The molecule has 0 aromatic heterocycles. The smallest absolute Gasteiger partial charge is 0.310 e. The first kappa shape index (κ1) is 14.7. The maximum absolute atomic E-state index is 11.3. The average molecular weight is 348 g/mol. The Morgan fingerprint density at radius 2 is 2.11 bits per heavy atom. The number of esters is 1. The SMILES string of the molecule is CCOC(=O)Cc1ccc(OCC2(Br)CC2Cl)cc1. The summed E-state index contributed by atoms with van der Waals surface area (Å²) in [6.07, 6.45) is 1.22. The average Bonchev–Trinajstić information content (AvgIpc) is 2.97. The first-order chi connectivity index (χ1) is 9.03. The second-order valence-electron chi connectivity index (χ2n) is 4.62. The Balaban J connectivity index is 1.83. The summed E-state index contributed by atoms with van der Waals surface area (Å²) in [5.74, 6) is 0.570. The predicted octanol–water partition coefficient (Wildman–Crippen LogP) is 3.32. The van der Waals surface area contributed by atoms with Crippen LogP contribution in [0.4, 0.5) is 0 Å². The normalized spacial score (nSPS) is 24.9. The van der Waals surface area contributed by atoms with E-state index in [9.17, 15) is 4.79 Å². The summed E-state index contributed by atoms with van der Waals surface area (Å²) in [6, 6.07) is 7.46. The molecule has 5 heteroatoms. The molecule has 1 aromatic carbocycles. The van der Waals surface area contributed by atoms with Gasteiger partial charge in [-0.25, -0.2) is 0 Å². The van der Waals surface area contributed by atoms with Crippen molar-refractivity contribution in [3.05, 3.63) is 29.8 Å². The number of carbonyl (C=O) groups excluding carboxylic acids is 1. The van der Waals surface area contributed by atoms with E-state index < -0.39 is 0 Å². The Morgan fingerprint density at radius 1 is 1.47 bits per heavy atom. The van der Waals surface area contributed by atoms with Crippen LogP contribution in [0.3, 0.4) is 0 Å². The maximum atomic E-state index is 11.3. The van der Waals surface area contributed by atoms with E-state index in [1.165, 1.54) is 0 Å². The minimum atomic E-state index is -0.210. The van der Waals surface area contributed by atoms with Gasteiger partial charge in [-0.2, -0.15) is 0 Å². The Bertz CT molecular complexity index is 449. The number of ether oxygens (including phenoxy) is 2. The molecule has 0 saturated heterocycles. The van der Waals surface area contributed by atoms with Gasteiger partial charge < -0.3 is 9.47 Å². The molecule has 0 N–H and O–H groups in total. The highest BCUT2D eigenvalue weighted by molar-refractivity contribution is 9.10. The monoisotopic (exact) mass is 346 g/mol. The van der Waals surface area contributed by atoms with Crippen molar-refractivity contribution in [3.8, 4) is 5.75 Å². The van der Waals surface area contributed by atoms with Crippen molar-refractivity contribution in [1.82, 2.24) is 0 Å². The molecule has 104 valence electrons. The standard InChI is InChI=1S/C14H16BrClO3/c1-2-18-13(17)7-10-3-5-11(6-4-10)19-9-14(15)8-12(14)16/h3-6,12H,2,7-9H2,1H3. The molecule has 0 spiro atoms. The number of hydrogen-bond acceptors (Lipinski definition) is 3. The Kier molecular flexibility index (Phi) is 4.74. The summed E-state index contributed by atoms with van der Waals surface area (Å²) in [7, 11) is 0. The number of carbonyl (C=O) groups is 1. The van der Waals surface area contributed by atoms with E-state index in [-0.39, 0.29) is 15.7 Å². The molecule has 1 aliphatic carbocycles. The summed E-state index contributed by atoms with van der Waals surface area (Å²) < 4.78 is 10.5. The largest absolute Gasteiger partial charge is 0.492 e. The van der Waals surface area contributed by atoms with Crippen LogP contribution in [-0.4, -0.2) is 28.9 Å². The topological polar surface area (TPSA) is 35.5 Å². The lowest BCUT2D eigenvalue weighted by atomic mass is 10.1. The summed E-state index contributed by atoms with van der Waals surface area (Å²) in [6.45, 7) is 2.76. The van der Waals surface area contributed by atoms with Crippen LogP contribution in [0.2, 0.25) is 0 Å². The van der Waals surface area contributed by atoms with Crippen molar-refractivity contribution in [1.29, 1.82) is 0 Å². The highest BCUT2D eigenvalue weighted by atomic mass is 79.9. The van der Waals surface area contributed by atoms with Gasteiger partial charge in [0.2, 0.25) is 0 Å².